The molecule has 5 nitrogen and oxygen atoms in total. The number of hydrogen-bond acceptors (Lipinski definition) is 3. The molecular weight excluding hydrogens is 431 g/mol. The van der Waals surface area contributed by atoms with Crippen LogP contribution in [0.5, 0.6) is 5.75 Å². The van der Waals surface area contributed by atoms with Crippen molar-refractivity contribution in [2.75, 3.05) is 11.4 Å². The molecule has 1 aliphatic rings. The lowest BCUT2D eigenvalue weighted by Gasteiger charge is -2.17. The van der Waals surface area contributed by atoms with E-state index in [1.807, 2.05) is 30.3 Å². The van der Waals surface area contributed by atoms with Crippen LogP contribution in [0.25, 0.3) is 0 Å². The highest BCUT2D eigenvalue weighted by atomic mass is 35.5. The van der Waals surface area contributed by atoms with Crippen molar-refractivity contribution < 1.29 is 18.7 Å². The summed E-state index contributed by atoms with van der Waals surface area (Å²) in [5.74, 6) is -0.529. The van der Waals surface area contributed by atoms with E-state index in [1.165, 1.54) is 12.1 Å². The minimum atomic E-state index is -0.423. The van der Waals surface area contributed by atoms with Gasteiger partial charge in [-0.25, -0.2) is 4.39 Å². The maximum absolute atomic E-state index is 13.9. The number of halogens is 2. The monoisotopic (exact) mass is 452 g/mol. The third kappa shape index (κ3) is 5.08. The molecule has 2 amide bonds. The molecule has 0 spiro atoms. The molecule has 0 aliphatic carbocycles. The fraction of sp³-hybridized carbons (Fsp3) is 0.200. The molecule has 3 aromatic carbocycles. The van der Waals surface area contributed by atoms with Crippen LogP contribution in [0.1, 0.15) is 17.5 Å². The summed E-state index contributed by atoms with van der Waals surface area (Å²) in [5.41, 5.74) is 1.98. The Labute approximate surface area is 190 Å². The topological polar surface area (TPSA) is 58.6 Å². The van der Waals surface area contributed by atoms with Gasteiger partial charge in [-0.15, -0.1) is 0 Å². The molecule has 32 heavy (non-hydrogen) atoms. The summed E-state index contributed by atoms with van der Waals surface area (Å²) in [4.78, 5) is 26.6. The molecular formula is C25H22ClFN2O3. The van der Waals surface area contributed by atoms with Gasteiger partial charge in [0.15, 0.2) is 0 Å². The van der Waals surface area contributed by atoms with E-state index >= 15 is 0 Å². The van der Waals surface area contributed by atoms with Crippen LogP contribution in [0.4, 0.5) is 10.1 Å². The average molecular weight is 453 g/mol. The zero-order chi connectivity index (χ0) is 22.5. The summed E-state index contributed by atoms with van der Waals surface area (Å²) in [6, 6.07) is 21.0. The number of benzene rings is 3. The van der Waals surface area contributed by atoms with Gasteiger partial charge in [0.1, 0.15) is 18.2 Å². The second-order valence-corrected chi connectivity index (χ2v) is 8.00. The minimum absolute atomic E-state index is 0.00282. The van der Waals surface area contributed by atoms with Crippen LogP contribution in [0.2, 0.25) is 5.02 Å². The van der Waals surface area contributed by atoms with Crippen LogP contribution in [0.3, 0.4) is 0 Å². The van der Waals surface area contributed by atoms with Crippen LogP contribution in [0, 0.1) is 11.7 Å². The second kappa shape index (κ2) is 9.83. The lowest BCUT2D eigenvalue weighted by atomic mass is 10.1. The number of rotatable bonds is 7. The van der Waals surface area contributed by atoms with E-state index in [9.17, 15) is 14.0 Å². The fourth-order valence-corrected chi connectivity index (χ4v) is 3.83. The number of hydrogen-bond donors (Lipinski definition) is 1. The largest absolute Gasteiger partial charge is 0.489 e. The molecule has 3 aromatic rings. The maximum Gasteiger partial charge on any atom is 0.227 e. The first-order chi connectivity index (χ1) is 15.5. The van der Waals surface area contributed by atoms with Crippen molar-refractivity contribution in [2.24, 2.45) is 5.92 Å². The summed E-state index contributed by atoms with van der Waals surface area (Å²) in [7, 11) is 0. The molecule has 1 fully saturated rings. The Balaban J connectivity index is 1.33. The molecule has 164 valence electrons. The first kappa shape index (κ1) is 21.8. The highest BCUT2D eigenvalue weighted by Gasteiger charge is 2.35. The molecule has 7 heteroatoms. The van der Waals surface area contributed by atoms with Crippen LogP contribution in [-0.2, 0) is 22.7 Å². The predicted octanol–water partition coefficient (Wildman–Crippen LogP) is 4.73. The van der Waals surface area contributed by atoms with Crippen molar-refractivity contribution in [3.8, 4) is 5.75 Å². The molecule has 0 saturated carbocycles. The number of nitrogens with zero attached hydrogens (tertiary/aromatic N) is 1. The highest BCUT2D eigenvalue weighted by Crippen LogP contribution is 2.28. The van der Waals surface area contributed by atoms with E-state index in [1.54, 1.807) is 35.2 Å². The van der Waals surface area contributed by atoms with Crippen LogP contribution in [-0.4, -0.2) is 18.4 Å². The molecule has 0 radical (unpaired) electrons. The molecule has 1 atom stereocenters. The zero-order valence-electron chi connectivity index (χ0n) is 17.3. The first-order valence-electron chi connectivity index (χ1n) is 10.3. The van der Waals surface area contributed by atoms with Gasteiger partial charge < -0.3 is 15.0 Å². The van der Waals surface area contributed by atoms with Crippen molar-refractivity contribution in [1.82, 2.24) is 5.32 Å². The number of amides is 2. The van der Waals surface area contributed by atoms with Gasteiger partial charge in [-0.2, -0.15) is 0 Å². The predicted molar refractivity (Wildman–Crippen MR) is 121 cm³/mol. The van der Waals surface area contributed by atoms with E-state index in [2.05, 4.69) is 5.32 Å². The number of anilines is 1. The van der Waals surface area contributed by atoms with Gasteiger partial charge in [-0.05, 0) is 42.0 Å². The normalized spacial score (nSPS) is 15.6. The summed E-state index contributed by atoms with van der Waals surface area (Å²) in [6.45, 7) is 0.754. The van der Waals surface area contributed by atoms with Crippen LogP contribution < -0.4 is 15.0 Å². The van der Waals surface area contributed by atoms with Gasteiger partial charge in [0, 0.05) is 30.8 Å². The third-order valence-electron chi connectivity index (χ3n) is 5.40. The summed E-state index contributed by atoms with van der Waals surface area (Å²) in [6.07, 6.45) is 0.171. The number of nitrogens with one attached hydrogen (secondary N) is 1. The van der Waals surface area contributed by atoms with Gasteiger partial charge in [-0.1, -0.05) is 48.0 Å². The standard InChI is InChI=1S/C25H22ClFN2O3/c26-22-7-4-8-23(27)21(22)16-32-20-11-9-19(10-12-20)29-15-18(13-24(29)30)25(31)28-14-17-5-2-1-3-6-17/h1-12,18H,13-16H2,(H,28,31). The number of carbonyl (C=O) groups excluding carboxylic acids is 2. The summed E-state index contributed by atoms with van der Waals surface area (Å²) < 4.78 is 19.5. The zero-order valence-corrected chi connectivity index (χ0v) is 18.0. The van der Waals surface area contributed by atoms with Gasteiger partial charge in [0.2, 0.25) is 11.8 Å². The Morgan fingerprint density at radius 3 is 2.53 bits per heavy atom. The molecule has 4 rings (SSSR count). The maximum atomic E-state index is 13.9. The fourth-order valence-electron chi connectivity index (χ4n) is 3.61. The van der Waals surface area contributed by atoms with Crippen LogP contribution in [0.15, 0.2) is 72.8 Å². The third-order valence-corrected chi connectivity index (χ3v) is 5.75. The van der Waals surface area contributed by atoms with Gasteiger partial charge in [0.25, 0.3) is 0 Å². The number of carbonyl (C=O) groups is 2. The van der Waals surface area contributed by atoms with E-state index in [0.717, 1.165) is 5.56 Å². The van der Waals surface area contributed by atoms with Gasteiger partial charge >= 0.3 is 0 Å². The van der Waals surface area contributed by atoms with Gasteiger partial charge in [0.05, 0.1) is 10.9 Å². The molecule has 1 unspecified atom stereocenters. The summed E-state index contributed by atoms with van der Waals surface area (Å²) in [5, 5.41) is 3.21. The Kier molecular flexibility index (Phi) is 6.71. The SMILES string of the molecule is O=C(NCc1ccccc1)C1CC(=O)N(c2ccc(OCc3c(F)cccc3Cl)cc2)C1. The van der Waals surface area contributed by atoms with Crippen molar-refractivity contribution in [2.45, 2.75) is 19.6 Å². The quantitative estimate of drug-likeness (QED) is 0.564. The smallest absolute Gasteiger partial charge is 0.227 e. The van der Waals surface area contributed by atoms with E-state index in [-0.39, 0.29) is 30.4 Å². The Morgan fingerprint density at radius 1 is 1.06 bits per heavy atom. The average Bonchev–Trinajstić information content (AvgIpc) is 3.20. The van der Waals surface area contributed by atoms with Crippen molar-refractivity contribution in [1.29, 1.82) is 0 Å². The second-order valence-electron chi connectivity index (χ2n) is 7.59. The summed E-state index contributed by atoms with van der Waals surface area (Å²) >= 11 is 6.02. The van der Waals surface area contributed by atoms with Crippen LogP contribution >= 0.6 is 11.6 Å². The minimum Gasteiger partial charge on any atom is -0.489 e. The first-order valence-corrected chi connectivity index (χ1v) is 10.7. The lowest BCUT2D eigenvalue weighted by Crippen LogP contribution is -2.32. The van der Waals surface area contributed by atoms with Crippen molar-refractivity contribution >= 4 is 29.1 Å². The van der Waals surface area contributed by atoms with Crippen molar-refractivity contribution in [3.63, 3.8) is 0 Å². The molecule has 1 aliphatic heterocycles. The Morgan fingerprint density at radius 2 is 1.81 bits per heavy atom. The highest BCUT2D eigenvalue weighted by molar-refractivity contribution is 6.31. The van der Waals surface area contributed by atoms with Gasteiger partial charge in [-0.3, -0.25) is 9.59 Å². The number of ether oxygens (including phenoxy) is 1. The molecule has 0 bridgehead atoms. The molecule has 1 N–H and O–H groups in total. The lowest BCUT2D eigenvalue weighted by molar-refractivity contribution is -0.126. The van der Waals surface area contributed by atoms with E-state index < -0.39 is 11.7 Å². The molecule has 1 heterocycles. The van der Waals surface area contributed by atoms with E-state index in [0.29, 0.717) is 29.5 Å². The Bertz CT molecular complexity index is 1090. The Hall–Kier alpha value is -3.38. The van der Waals surface area contributed by atoms with E-state index in [4.69, 9.17) is 16.3 Å². The molecule has 0 aromatic heterocycles. The molecule has 1 saturated heterocycles. The van der Waals surface area contributed by atoms with Crippen molar-refractivity contribution in [3.05, 3.63) is 94.8 Å².